The van der Waals surface area contributed by atoms with Crippen LogP contribution in [-0.2, 0) is 12.8 Å². The second-order valence-corrected chi connectivity index (χ2v) is 5.49. The van der Waals surface area contributed by atoms with Gasteiger partial charge in [0.1, 0.15) is 11.5 Å². The Balaban J connectivity index is 1.63. The zero-order chi connectivity index (χ0) is 16.1. The zero-order valence-electron chi connectivity index (χ0n) is 13.6. The lowest BCUT2D eigenvalue weighted by molar-refractivity contribution is 0.319. The van der Waals surface area contributed by atoms with Crippen molar-refractivity contribution in [3.8, 4) is 17.2 Å². The van der Waals surface area contributed by atoms with Crippen molar-refractivity contribution in [3.05, 3.63) is 71.6 Å². The summed E-state index contributed by atoms with van der Waals surface area (Å²) in [6, 6.07) is 18.2. The predicted octanol–water partition coefficient (Wildman–Crippen LogP) is 4.83. The maximum absolute atomic E-state index is 5.84. The number of hydrogen-bond donors (Lipinski definition) is 0. The van der Waals surface area contributed by atoms with E-state index in [4.69, 9.17) is 9.15 Å². The second-order valence-electron chi connectivity index (χ2n) is 5.49. The third kappa shape index (κ3) is 3.81. The summed E-state index contributed by atoms with van der Waals surface area (Å²) in [6.07, 6.45) is 1.75. The summed E-state index contributed by atoms with van der Waals surface area (Å²) >= 11 is 0. The number of hydrogen-bond acceptors (Lipinski definition) is 3. The van der Waals surface area contributed by atoms with E-state index >= 15 is 0 Å². The largest absolute Gasteiger partial charge is 0.493 e. The van der Waals surface area contributed by atoms with E-state index in [1.165, 1.54) is 5.56 Å². The first-order chi connectivity index (χ1) is 11.3. The number of aromatic nitrogens is 1. The predicted molar refractivity (Wildman–Crippen MR) is 91.7 cm³/mol. The molecule has 0 atom stereocenters. The van der Waals surface area contributed by atoms with Gasteiger partial charge in [0.05, 0.1) is 12.3 Å². The van der Waals surface area contributed by atoms with Crippen LogP contribution in [0, 0.1) is 6.92 Å². The first kappa shape index (κ1) is 15.3. The molecule has 0 saturated carbocycles. The summed E-state index contributed by atoms with van der Waals surface area (Å²) in [5.41, 5.74) is 3.24. The molecule has 0 aliphatic rings. The molecular weight excluding hydrogens is 286 g/mol. The molecule has 118 valence electrons. The Bertz CT molecular complexity index is 762. The summed E-state index contributed by atoms with van der Waals surface area (Å²) in [5.74, 6) is 2.44. The Hall–Kier alpha value is -2.55. The molecule has 0 spiro atoms. The number of ether oxygens (including phenoxy) is 1. The van der Waals surface area contributed by atoms with Gasteiger partial charge in [-0.3, -0.25) is 0 Å². The maximum Gasteiger partial charge on any atom is 0.226 e. The van der Waals surface area contributed by atoms with Crippen molar-refractivity contribution in [2.45, 2.75) is 26.7 Å². The molecule has 0 fully saturated rings. The van der Waals surface area contributed by atoms with E-state index in [2.05, 4.69) is 24.0 Å². The first-order valence-corrected chi connectivity index (χ1v) is 7.99. The molecule has 3 rings (SSSR count). The molecule has 23 heavy (non-hydrogen) atoms. The maximum atomic E-state index is 5.84. The number of benzene rings is 2. The molecule has 0 unspecified atom stereocenters. The molecule has 3 heteroatoms. The summed E-state index contributed by atoms with van der Waals surface area (Å²) in [6.45, 7) is 4.68. The van der Waals surface area contributed by atoms with E-state index in [1.54, 1.807) is 0 Å². The Morgan fingerprint density at radius 1 is 1.04 bits per heavy atom. The van der Waals surface area contributed by atoms with E-state index in [-0.39, 0.29) is 0 Å². The van der Waals surface area contributed by atoms with Gasteiger partial charge in [-0.2, -0.15) is 0 Å². The lowest BCUT2D eigenvalue weighted by atomic mass is 10.2. The van der Waals surface area contributed by atoms with Gasteiger partial charge in [0.2, 0.25) is 5.89 Å². The second kappa shape index (κ2) is 7.14. The van der Waals surface area contributed by atoms with Crippen molar-refractivity contribution in [1.29, 1.82) is 0 Å². The van der Waals surface area contributed by atoms with E-state index < -0.39 is 0 Å². The summed E-state index contributed by atoms with van der Waals surface area (Å²) < 4.78 is 11.6. The molecule has 0 amide bonds. The van der Waals surface area contributed by atoms with Crippen LogP contribution in [-0.4, -0.2) is 11.6 Å². The van der Waals surface area contributed by atoms with Crippen LogP contribution >= 0.6 is 0 Å². The molecule has 0 aliphatic carbocycles. The van der Waals surface area contributed by atoms with Gasteiger partial charge in [0, 0.05) is 12.0 Å². The highest BCUT2D eigenvalue weighted by Crippen LogP contribution is 2.22. The van der Waals surface area contributed by atoms with Gasteiger partial charge in [0.15, 0.2) is 0 Å². The fourth-order valence-corrected chi connectivity index (χ4v) is 2.48. The van der Waals surface area contributed by atoms with Gasteiger partial charge in [-0.05, 0) is 43.2 Å². The number of rotatable bonds is 6. The first-order valence-electron chi connectivity index (χ1n) is 7.99. The van der Waals surface area contributed by atoms with Crippen LogP contribution in [0.2, 0.25) is 0 Å². The lowest BCUT2D eigenvalue weighted by Gasteiger charge is -2.06. The van der Waals surface area contributed by atoms with E-state index in [1.807, 2.05) is 49.4 Å². The topological polar surface area (TPSA) is 35.3 Å². The molecule has 1 heterocycles. The quantitative estimate of drug-likeness (QED) is 0.654. The highest BCUT2D eigenvalue weighted by molar-refractivity contribution is 5.53. The Kier molecular flexibility index (Phi) is 4.77. The average molecular weight is 307 g/mol. The molecule has 3 nitrogen and oxygen atoms in total. The fraction of sp³-hybridized carbons (Fsp3) is 0.250. The van der Waals surface area contributed by atoms with E-state index in [0.717, 1.165) is 35.6 Å². The molecule has 0 N–H and O–H groups in total. The van der Waals surface area contributed by atoms with Crippen LogP contribution in [0.15, 0.2) is 59.0 Å². The average Bonchev–Trinajstić information content (AvgIpc) is 2.97. The van der Waals surface area contributed by atoms with Crippen molar-refractivity contribution >= 4 is 0 Å². The zero-order valence-corrected chi connectivity index (χ0v) is 13.6. The number of nitrogens with zero attached hydrogens (tertiary/aromatic N) is 1. The number of oxazole rings is 1. The summed E-state index contributed by atoms with van der Waals surface area (Å²) in [5, 5.41) is 0. The minimum absolute atomic E-state index is 0.592. The number of aryl methyl sites for hydroxylation is 2. The summed E-state index contributed by atoms with van der Waals surface area (Å²) in [4.78, 5) is 4.60. The summed E-state index contributed by atoms with van der Waals surface area (Å²) in [7, 11) is 0. The third-order valence-electron chi connectivity index (χ3n) is 3.83. The Morgan fingerprint density at radius 2 is 1.87 bits per heavy atom. The highest BCUT2D eigenvalue weighted by Gasteiger charge is 2.11. The molecule has 0 radical (unpaired) electrons. The van der Waals surface area contributed by atoms with Crippen LogP contribution in [0.25, 0.3) is 11.5 Å². The van der Waals surface area contributed by atoms with Crippen molar-refractivity contribution < 1.29 is 9.15 Å². The minimum atomic E-state index is 0.592. The molecule has 0 aliphatic heterocycles. The molecule has 3 aromatic rings. The van der Waals surface area contributed by atoms with Gasteiger partial charge in [-0.15, -0.1) is 0 Å². The minimum Gasteiger partial charge on any atom is -0.493 e. The highest BCUT2D eigenvalue weighted by atomic mass is 16.5. The molecular formula is C20H21NO2. The van der Waals surface area contributed by atoms with E-state index in [9.17, 15) is 0 Å². The van der Waals surface area contributed by atoms with Crippen molar-refractivity contribution in [1.82, 2.24) is 4.98 Å². The normalized spacial score (nSPS) is 10.7. The smallest absolute Gasteiger partial charge is 0.226 e. The fourth-order valence-electron chi connectivity index (χ4n) is 2.48. The van der Waals surface area contributed by atoms with Crippen molar-refractivity contribution in [3.63, 3.8) is 0 Å². The molecule has 1 aromatic heterocycles. The third-order valence-corrected chi connectivity index (χ3v) is 3.83. The van der Waals surface area contributed by atoms with Crippen molar-refractivity contribution in [2.75, 3.05) is 6.61 Å². The van der Waals surface area contributed by atoms with Gasteiger partial charge in [0.25, 0.3) is 0 Å². The lowest BCUT2D eigenvalue weighted by Crippen LogP contribution is -2.03. The van der Waals surface area contributed by atoms with E-state index in [0.29, 0.717) is 12.5 Å². The van der Waals surface area contributed by atoms with Crippen LogP contribution in [0.3, 0.4) is 0 Å². The monoisotopic (exact) mass is 307 g/mol. The van der Waals surface area contributed by atoms with Gasteiger partial charge >= 0.3 is 0 Å². The van der Waals surface area contributed by atoms with Crippen molar-refractivity contribution in [2.24, 2.45) is 0 Å². The van der Waals surface area contributed by atoms with Crippen LogP contribution in [0.5, 0.6) is 5.75 Å². The van der Waals surface area contributed by atoms with Crippen LogP contribution < -0.4 is 4.74 Å². The standard InChI is InChI=1S/C20H21NO2/c1-3-16-8-7-11-18(14-16)22-13-12-19-15(2)23-20(21-19)17-9-5-4-6-10-17/h4-11,14H,3,12-13H2,1-2H3. The van der Waals surface area contributed by atoms with Gasteiger partial charge in [-0.25, -0.2) is 4.98 Å². The Morgan fingerprint density at radius 3 is 2.65 bits per heavy atom. The van der Waals surface area contributed by atoms with Crippen LogP contribution in [0.1, 0.15) is 23.9 Å². The van der Waals surface area contributed by atoms with Gasteiger partial charge in [-0.1, -0.05) is 37.3 Å². The molecule has 0 bridgehead atoms. The SMILES string of the molecule is CCc1cccc(OCCc2nc(-c3ccccc3)oc2C)c1. The molecule has 0 saturated heterocycles. The Labute approximate surface area is 136 Å². The van der Waals surface area contributed by atoms with Crippen LogP contribution in [0.4, 0.5) is 0 Å². The van der Waals surface area contributed by atoms with Gasteiger partial charge < -0.3 is 9.15 Å². The molecule has 2 aromatic carbocycles.